The lowest BCUT2D eigenvalue weighted by molar-refractivity contribution is -0.123. The fourth-order valence-electron chi connectivity index (χ4n) is 2.48. The third kappa shape index (κ3) is 5.15. The number of alkyl halides is 3. The normalized spacial score (nSPS) is 10.9. The molecule has 2 amide bonds. The molecular weight excluding hydrogens is 377 g/mol. The molecule has 150 valence electrons. The van der Waals surface area contributed by atoms with E-state index in [2.05, 4.69) is 5.32 Å². The summed E-state index contributed by atoms with van der Waals surface area (Å²) in [5.41, 5.74) is 0.884. The Kier molecular flexibility index (Phi) is 6.50. The predicted octanol–water partition coefficient (Wildman–Crippen LogP) is 3.56. The van der Waals surface area contributed by atoms with Gasteiger partial charge in [-0.3, -0.25) is 9.59 Å². The smallest absolute Gasteiger partial charge is 0.405 e. The van der Waals surface area contributed by atoms with Gasteiger partial charge in [-0.2, -0.15) is 13.2 Å². The van der Waals surface area contributed by atoms with Crippen molar-refractivity contribution in [3.63, 3.8) is 0 Å². The van der Waals surface area contributed by atoms with Gasteiger partial charge in [-0.1, -0.05) is 12.1 Å². The van der Waals surface area contributed by atoms with Crippen LogP contribution in [0.2, 0.25) is 0 Å². The van der Waals surface area contributed by atoms with Crippen molar-refractivity contribution >= 4 is 17.5 Å². The fraction of sp³-hybridized carbons (Fsp3) is 0.263. The number of rotatable bonds is 6. The molecule has 2 N–H and O–H groups in total. The van der Waals surface area contributed by atoms with Gasteiger partial charge >= 0.3 is 6.18 Å². The molecule has 0 radical (unpaired) electrons. The summed E-state index contributed by atoms with van der Waals surface area (Å²) in [6, 6.07) is 8.77. The Morgan fingerprint density at radius 2 is 1.57 bits per heavy atom. The highest BCUT2D eigenvalue weighted by Crippen LogP contribution is 2.30. The van der Waals surface area contributed by atoms with Gasteiger partial charge < -0.3 is 20.1 Å². The number of halogens is 3. The van der Waals surface area contributed by atoms with Gasteiger partial charge in [0.15, 0.2) is 0 Å². The standard InChI is InChI=1S/C19H19F3N2O4/c1-11-15(27-2)8-12(9-16(11)28-3)17(25)24-14-7-5-4-6-13(14)18(26)23-10-19(20,21)22/h4-9H,10H2,1-3H3,(H,23,26)(H,24,25). The zero-order chi connectivity index (χ0) is 20.9. The summed E-state index contributed by atoms with van der Waals surface area (Å²) in [7, 11) is 2.90. The SMILES string of the molecule is COc1cc(C(=O)Nc2ccccc2C(=O)NCC(F)(F)F)cc(OC)c1C. The molecule has 2 aromatic carbocycles. The van der Waals surface area contributed by atoms with Crippen molar-refractivity contribution < 1.29 is 32.2 Å². The topological polar surface area (TPSA) is 76.7 Å². The summed E-state index contributed by atoms with van der Waals surface area (Å²) >= 11 is 0. The Bertz CT molecular complexity index is 857. The highest BCUT2D eigenvalue weighted by molar-refractivity contribution is 6.09. The summed E-state index contributed by atoms with van der Waals surface area (Å²) < 4.78 is 47.4. The van der Waals surface area contributed by atoms with Crippen molar-refractivity contribution in [1.29, 1.82) is 0 Å². The van der Waals surface area contributed by atoms with Crippen LogP contribution in [-0.2, 0) is 0 Å². The van der Waals surface area contributed by atoms with E-state index in [4.69, 9.17) is 9.47 Å². The largest absolute Gasteiger partial charge is 0.496 e. The number of para-hydroxylation sites is 1. The van der Waals surface area contributed by atoms with Crippen molar-refractivity contribution in [2.24, 2.45) is 0 Å². The Morgan fingerprint density at radius 3 is 2.11 bits per heavy atom. The molecule has 0 aliphatic rings. The molecule has 0 unspecified atom stereocenters. The van der Waals surface area contributed by atoms with Crippen LogP contribution in [0, 0.1) is 6.92 Å². The second-order valence-corrected chi connectivity index (χ2v) is 5.80. The number of carbonyl (C=O) groups is 2. The molecule has 6 nitrogen and oxygen atoms in total. The summed E-state index contributed by atoms with van der Waals surface area (Å²) in [5.74, 6) is -0.665. The molecule has 2 aromatic rings. The van der Waals surface area contributed by atoms with Crippen LogP contribution < -0.4 is 20.1 Å². The first-order valence-corrected chi connectivity index (χ1v) is 8.14. The van der Waals surface area contributed by atoms with Crippen LogP contribution >= 0.6 is 0 Å². The Labute approximate surface area is 159 Å². The number of carbonyl (C=O) groups excluding carboxylic acids is 2. The molecular formula is C19H19F3N2O4. The number of hydrogen-bond donors (Lipinski definition) is 2. The molecule has 9 heteroatoms. The summed E-state index contributed by atoms with van der Waals surface area (Å²) in [5, 5.41) is 4.32. The zero-order valence-corrected chi connectivity index (χ0v) is 15.4. The minimum absolute atomic E-state index is 0.0747. The molecule has 0 bridgehead atoms. The van der Waals surface area contributed by atoms with Gasteiger partial charge in [-0.25, -0.2) is 0 Å². The summed E-state index contributed by atoms with van der Waals surface area (Å²) in [4.78, 5) is 24.7. The number of nitrogens with one attached hydrogen (secondary N) is 2. The third-order valence-electron chi connectivity index (χ3n) is 3.88. The van der Waals surface area contributed by atoms with Crippen molar-refractivity contribution in [3.8, 4) is 11.5 Å². The molecule has 0 aliphatic heterocycles. The number of methoxy groups -OCH3 is 2. The minimum Gasteiger partial charge on any atom is -0.496 e. The lowest BCUT2D eigenvalue weighted by Crippen LogP contribution is -2.34. The van der Waals surface area contributed by atoms with E-state index in [-0.39, 0.29) is 16.8 Å². The van der Waals surface area contributed by atoms with Gasteiger partial charge in [0.05, 0.1) is 25.5 Å². The van der Waals surface area contributed by atoms with E-state index >= 15 is 0 Å². The van der Waals surface area contributed by atoms with Crippen LogP contribution in [0.3, 0.4) is 0 Å². The van der Waals surface area contributed by atoms with Crippen LogP contribution in [0.4, 0.5) is 18.9 Å². The van der Waals surface area contributed by atoms with E-state index in [0.29, 0.717) is 17.1 Å². The monoisotopic (exact) mass is 396 g/mol. The molecule has 0 spiro atoms. The molecule has 0 fully saturated rings. The first-order valence-electron chi connectivity index (χ1n) is 8.14. The van der Waals surface area contributed by atoms with Gasteiger partial charge in [-0.15, -0.1) is 0 Å². The fourth-order valence-corrected chi connectivity index (χ4v) is 2.48. The van der Waals surface area contributed by atoms with Gasteiger partial charge in [0, 0.05) is 11.1 Å². The van der Waals surface area contributed by atoms with E-state index in [1.165, 1.54) is 44.6 Å². The quantitative estimate of drug-likeness (QED) is 0.783. The Hall–Kier alpha value is -3.23. The van der Waals surface area contributed by atoms with Crippen LogP contribution in [0.15, 0.2) is 36.4 Å². The van der Waals surface area contributed by atoms with Crippen molar-refractivity contribution in [2.45, 2.75) is 13.1 Å². The van der Waals surface area contributed by atoms with Crippen LogP contribution in [-0.4, -0.2) is 38.8 Å². The van der Waals surface area contributed by atoms with Crippen LogP contribution in [0.25, 0.3) is 0 Å². The van der Waals surface area contributed by atoms with Crippen molar-refractivity contribution in [3.05, 3.63) is 53.1 Å². The van der Waals surface area contributed by atoms with Gasteiger partial charge in [0.1, 0.15) is 18.0 Å². The minimum atomic E-state index is -4.54. The molecule has 28 heavy (non-hydrogen) atoms. The summed E-state index contributed by atoms with van der Waals surface area (Å²) in [6.45, 7) is 0.292. The van der Waals surface area contributed by atoms with E-state index in [9.17, 15) is 22.8 Å². The second-order valence-electron chi connectivity index (χ2n) is 5.80. The Balaban J connectivity index is 2.27. The summed E-state index contributed by atoms with van der Waals surface area (Å²) in [6.07, 6.45) is -4.54. The first kappa shape index (κ1) is 21.1. The number of hydrogen-bond acceptors (Lipinski definition) is 4. The van der Waals surface area contributed by atoms with Crippen LogP contribution in [0.1, 0.15) is 26.3 Å². The van der Waals surface area contributed by atoms with Crippen LogP contribution in [0.5, 0.6) is 11.5 Å². The third-order valence-corrected chi connectivity index (χ3v) is 3.88. The number of benzene rings is 2. The maximum absolute atomic E-state index is 12.6. The lowest BCUT2D eigenvalue weighted by atomic mass is 10.1. The first-order chi connectivity index (χ1) is 13.2. The zero-order valence-electron chi connectivity index (χ0n) is 15.4. The van der Waals surface area contributed by atoms with Gasteiger partial charge in [-0.05, 0) is 31.2 Å². The maximum Gasteiger partial charge on any atom is 0.405 e. The maximum atomic E-state index is 12.6. The van der Waals surface area contributed by atoms with E-state index < -0.39 is 24.5 Å². The highest BCUT2D eigenvalue weighted by Gasteiger charge is 2.28. The van der Waals surface area contributed by atoms with E-state index in [0.717, 1.165) is 0 Å². The molecule has 0 saturated heterocycles. The van der Waals surface area contributed by atoms with Gasteiger partial charge in [0.25, 0.3) is 11.8 Å². The van der Waals surface area contributed by atoms with Crippen molar-refractivity contribution in [1.82, 2.24) is 5.32 Å². The predicted molar refractivity (Wildman–Crippen MR) is 97.1 cm³/mol. The molecule has 0 aliphatic carbocycles. The average Bonchev–Trinajstić information content (AvgIpc) is 2.66. The Morgan fingerprint density at radius 1 is 1.00 bits per heavy atom. The number of anilines is 1. The number of amides is 2. The lowest BCUT2D eigenvalue weighted by Gasteiger charge is -2.14. The molecule has 0 atom stereocenters. The molecule has 0 heterocycles. The molecule has 0 aromatic heterocycles. The van der Waals surface area contributed by atoms with E-state index in [1.54, 1.807) is 18.3 Å². The molecule has 2 rings (SSSR count). The van der Waals surface area contributed by atoms with E-state index in [1.807, 2.05) is 0 Å². The number of ether oxygens (including phenoxy) is 2. The highest BCUT2D eigenvalue weighted by atomic mass is 19.4. The second kappa shape index (κ2) is 8.64. The molecule has 0 saturated carbocycles. The van der Waals surface area contributed by atoms with Gasteiger partial charge in [0.2, 0.25) is 0 Å². The average molecular weight is 396 g/mol. The van der Waals surface area contributed by atoms with Crippen molar-refractivity contribution in [2.75, 3.05) is 26.1 Å².